The van der Waals surface area contributed by atoms with Gasteiger partial charge in [-0.05, 0) is 35.7 Å². The van der Waals surface area contributed by atoms with E-state index in [0.717, 1.165) is 10.5 Å². The van der Waals surface area contributed by atoms with Crippen molar-refractivity contribution in [3.8, 4) is 0 Å². The van der Waals surface area contributed by atoms with Crippen LogP contribution in [0.2, 0.25) is 0 Å². The van der Waals surface area contributed by atoms with E-state index in [1.807, 2.05) is 30.3 Å². The molecule has 1 aliphatic heterocycles. The number of hydrogen-bond donors (Lipinski definition) is 0. The van der Waals surface area contributed by atoms with Gasteiger partial charge in [0.15, 0.2) is 0 Å². The second-order valence-corrected chi connectivity index (χ2v) is 7.59. The van der Waals surface area contributed by atoms with Crippen molar-refractivity contribution in [3.05, 3.63) is 64.1 Å². The molecule has 2 amide bonds. The molecule has 148 valence electrons. The standard InChI is InChI=1S/C20H18BrF3N2O2/c1-13(27)25-11-15-10-16(21)7-8-18(15)26(19(28)20(22,23)24)12-17(25)9-14-5-3-2-4-6-14/h2-8,10,17H,9,11-12H2,1H3. The monoisotopic (exact) mass is 454 g/mol. The summed E-state index contributed by atoms with van der Waals surface area (Å²) in [5.74, 6) is -2.19. The van der Waals surface area contributed by atoms with Crippen LogP contribution in [-0.4, -0.2) is 35.5 Å². The molecular formula is C20H18BrF3N2O2. The van der Waals surface area contributed by atoms with Crippen LogP contribution in [0.15, 0.2) is 53.0 Å². The molecule has 0 saturated heterocycles. The molecule has 0 aromatic heterocycles. The molecule has 1 aliphatic rings. The highest BCUT2D eigenvalue weighted by atomic mass is 79.9. The van der Waals surface area contributed by atoms with Crippen molar-refractivity contribution in [1.29, 1.82) is 0 Å². The van der Waals surface area contributed by atoms with Gasteiger partial charge in [0.05, 0.1) is 6.04 Å². The molecule has 0 N–H and O–H groups in total. The maximum atomic E-state index is 13.3. The molecule has 2 aromatic rings. The average Bonchev–Trinajstić information content (AvgIpc) is 2.78. The van der Waals surface area contributed by atoms with Gasteiger partial charge in [-0.2, -0.15) is 13.2 Å². The third-order valence-electron chi connectivity index (χ3n) is 4.71. The molecule has 2 aromatic carbocycles. The number of carbonyl (C=O) groups is 2. The number of rotatable bonds is 2. The third-order valence-corrected chi connectivity index (χ3v) is 5.21. The number of anilines is 1. The van der Waals surface area contributed by atoms with Crippen LogP contribution < -0.4 is 4.90 Å². The fourth-order valence-electron chi connectivity index (χ4n) is 3.44. The Hall–Kier alpha value is -2.35. The highest BCUT2D eigenvalue weighted by Crippen LogP contribution is 2.33. The van der Waals surface area contributed by atoms with Crippen molar-refractivity contribution in [2.24, 2.45) is 0 Å². The summed E-state index contributed by atoms with van der Waals surface area (Å²) in [5.41, 5.74) is 1.54. The van der Waals surface area contributed by atoms with Crippen molar-refractivity contribution in [2.45, 2.75) is 32.1 Å². The second kappa shape index (κ2) is 7.95. The third kappa shape index (κ3) is 4.38. The predicted molar refractivity (Wildman–Crippen MR) is 103 cm³/mol. The van der Waals surface area contributed by atoms with Gasteiger partial charge in [-0.3, -0.25) is 9.59 Å². The van der Waals surface area contributed by atoms with Crippen molar-refractivity contribution in [2.75, 3.05) is 11.4 Å². The lowest BCUT2D eigenvalue weighted by Gasteiger charge is -2.31. The lowest BCUT2D eigenvalue weighted by molar-refractivity contribution is -0.170. The normalized spacial score (nSPS) is 17.1. The molecule has 0 aliphatic carbocycles. The molecule has 8 heteroatoms. The van der Waals surface area contributed by atoms with Crippen LogP contribution in [0.3, 0.4) is 0 Å². The van der Waals surface area contributed by atoms with Gasteiger partial charge in [0, 0.05) is 30.2 Å². The molecule has 28 heavy (non-hydrogen) atoms. The summed E-state index contributed by atoms with van der Waals surface area (Å²) in [6.07, 6.45) is -4.66. The summed E-state index contributed by atoms with van der Waals surface area (Å²) in [5, 5.41) is 0. The smallest absolute Gasteiger partial charge is 0.333 e. The number of amides is 2. The molecule has 0 fully saturated rings. The first kappa shape index (κ1) is 20.4. The highest BCUT2D eigenvalue weighted by Gasteiger charge is 2.45. The summed E-state index contributed by atoms with van der Waals surface area (Å²) in [4.78, 5) is 26.8. The zero-order valence-electron chi connectivity index (χ0n) is 15.0. The number of fused-ring (bicyclic) bond motifs is 1. The van der Waals surface area contributed by atoms with Crippen molar-refractivity contribution < 1.29 is 22.8 Å². The first-order chi connectivity index (χ1) is 13.2. The zero-order valence-corrected chi connectivity index (χ0v) is 16.6. The van der Waals surface area contributed by atoms with E-state index >= 15 is 0 Å². The minimum atomic E-state index is -5.01. The Morgan fingerprint density at radius 2 is 1.82 bits per heavy atom. The Kier molecular flexibility index (Phi) is 5.79. The van der Waals surface area contributed by atoms with E-state index in [1.165, 1.54) is 17.9 Å². The largest absolute Gasteiger partial charge is 0.471 e. The van der Waals surface area contributed by atoms with Crippen LogP contribution in [0.4, 0.5) is 18.9 Å². The highest BCUT2D eigenvalue weighted by molar-refractivity contribution is 9.10. The van der Waals surface area contributed by atoms with E-state index < -0.39 is 18.1 Å². The Morgan fingerprint density at radius 3 is 2.43 bits per heavy atom. The van der Waals surface area contributed by atoms with Crippen LogP contribution in [0.25, 0.3) is 0 Å². The average molecular weight is 455 g/mol. The molecule has 0 spiro atoms. The summed E-state index contributed by atoms with van der Waals surface area (Å²) in [6.45, 7) is 1.28. The van der Waals surface area contributed by atoms with E-state index in [9.17, 15) is 22.8 Å². The van der Waals surface area contributed by atoms with Crippen molar-refractivity contribution in [3.63, 3.8) is 0 Å². The molecule has 1 heterocycles. The number of carbonyl (C=O) groups excluding carboxylic acids is 2. The lowest BCUT2D eigenvalue weighted by Crippen LogP contribution is -2.49. The Labute approximate surface area is 169 Å². The summed E-state index contributed by atoms with van der Waals surface area (Å²) >= 11 is 3.31. The number of hydrogen-bond acceptors (Lipinski definition) is 2. The molecule has 3 rings (SSSR count). The van der Waals surface area contributed by atoms with Gasteiger partial charge in [-0.1, -0.05) is 46.3 Å². The zero-order chi connectivity index (χ0) is 20.5. The van der Waals surface area contributed by atoms with Gasteiger partial charge in [-0.25, -0.2) is 0 Å². The van der Waals surface area contributed by atoms with E-state index in [1.54, 1.807) is 12.1 Å². The summed E-state index contributed by atoms with van der Waals surface area (Å²) in [6, 6.07) is 13.3. The van der Waals surface area contributed by atoms with Crippen LogP contribution in [0.1, 0.15) is 18.1 Å². The number of alkyl halides is 3. The topological polar surface area (TPSA) is 40.6 Å². The number of nitrogens with zero attached hydrogens (tertiary/aromatic N) is 2. The van der Waals surface area contributed by atoms with Gasteiger partial charge >= 0.3 is 12.1 Å². The minimum Gasteiger partial charge on any atom is -0.333 e. The van der Waals surface area contributed by atoms with Crippen molar-refractivity contribution in [1.82, 2.24) is 4.90 Å². The molecule has 0 radical (unpaired) electrons. The van der Waals surface area contributed by atoms with Crippen molar-refractivity contribution >= 4 is 33.4 Å². The molecule has 0 bridgehead atoms. The van der Waals surface area contributed by atoms with Crippen LogP contribution >= 0.6 is 15.9 Å². The molecular weight excluding hydrogens is 437 g/mol. The van der Waals surface area contributed by atoms with Gasteiger partial charge in [-0.15, -0.1) is 0 Å². The number of halogens is 4. The van der Waals surface area contributed by atoms with E-state index in [2.05, 4.69) is 15.9 Å². The number of benzene rings is 2. The molecule has 4 nitrogen and oxygen atoms in total. The fraction of sp³-hybridized carbons (Fsp3) is 0.300. The maximum absolute atomic E-state index is 13.3. The van der Waals surface area contributed by atoms with Gasteiger partial charge in [0.25, 0.3) is 0 Å². The van der Waals surface area contributed by atoms with Crippen LogP contribution in [0.5, 0.6) is 0 Å². The Bertz CT molecular complexity index is 887. The fourth-order valence-corrected chi connectivity index (χ4v) is 3.85. The van der Waals surface area contributed by atoms with Gasteiger partial charge in [0.1, 0.15) is 0 Å². The molecule has 1 unspecified atom stereocenters. The van der Waals surface area contributed by atoms with E-state index in [4.69, 9.17) is 0 Å². The first-order valence-electron chi connectivity index (χ1n) is 8.65. The molecule has 1 atom stereocenters. The van der Waals surface area contributed by atoms with Gasteiger partial charge in [0.2, 0.25) is 5.91 Å². The first-order valence-corrected chi connectivity index (χ1v) is 9.44. The minimum absolute atomic E-state index is 0.128. The Morgan fingerprint density at radius 1 is 1.14 bits per heavy atom. The van der Waals surface area contributed by atoms with E-state index in [-0.39, 0.29) is 24.7 Å². The predicted octanol–water partition coefficient (Wildman–Crippen LogP) is 4.32. The maximum Gasteiger partial charge on any atom is 0.471 e. The Balaban J connectivity index is 2.06. The summed E-state index contributed by atoms with van der Waals surface area (Å²) in [7, 11) is 0. The molecule has 0 saturated carbocycles. The quantitative estimate of drug-likeness (QED) is 0.677. The second-order valence-electron chi connectivity index (χ2n) is 6.68. The van der Waals surface area contributed by atoms with Crippen LogP contribution in [-0.2, 0) is 22.6 Å². The summed E-state index contributed by atoms with van der Waals surface area (Å²) < 4.78 is 40.5. The van der Waals surface area contributed by atoms with Gasteiger partial charge < -0.3 is 9.80 Å². The van der Waals surface area contributed by atoms with E-state index in [0.29, 0.717) is 16.5 Å². The SMILES string of the molecule is CC(=O)N1Cc2cc(Br)ccc2N(C(=O)C(F)(F)F)CC1Cc1ccccc1. The lowest BCUT2D eigenvalue weighted by atomic mass is 10.0. The van der Waals surface area contributed by atoms with Crippen LogP contribution in [0, 0.1) is 0 Å².